The Kier molecular flexibility index (Phi) is 4.97. The number of ether oxygens (including phenoxy) is 1. The van der Waals surface area contributed by atoms with Gasteiger partial charge in [0.05, 0.1) is 6.10 Å². The highest BCUT2D eigenvalue weighted by atomic mass is 16.5. The molecule has 0 heterocycles. The summed E-state index contributed by atoms with van der Waals surface area (Å²) in [6.07, 6.45) is 4.81. The van der Waals surface area contributed by atoms with Crippen molar-refractivity contribution in [2.75, 3.05) is 6.61 Å². The standard InChI is InChI=1S/C23H34O6/c1-13(24)29-12-19(27)23(28)9-7-17-16-5-4-14-10-15(25)6-8-21(14,2)20(16)18(26)11-22(17,23)3/h14,16-18,20,26,28H,4-12H2,1-3H3/t14-,16+,17-,18+,20+,21+,22-,23+/m1/s1. The highest BCUT2D eigenvalue weighted by molar-refractivity contribution is 5.91. The molecule has 0 unspecified atom stereocenters. The zero-order chi connectivity index (χ0) is 21.2. The van der Waals surface area contributed by atoms with Crippen molar-refractivity contribution in [2.24, 2.45) is 34.5 Å². The molecule has 29 heavy (non-hydrogen) atoms. The van der Waals surface area contributed by atoms with Gasteiger partial charge in [-0.25, -0.2) is 0 Å². The second-order valence-electron chi connectivity index (χ2n) is 10.6. The van der Waals surface area contributed by atoms with Crippen molar-refractivity contribution >= 4 is 17.5 Å². The Morgan fingerprint density at radius 1 is 1.17 bits per heavy atom. The molecule has 0 saturated heterocycles. The van der Waals surface area contributed by atoms with Crippen molar-refractivity contribution in [3.63, 3.8) is 0 Å². The van der Waals surface area contributed by atoms with E-state index in [2.05, 4.69) is 6.92 Å². The van der Waals surface area contributed by atoms with E-state index in [0.717, 1.165) is 25.7 Å². The molecule has 0 bridgehead atoms. The summed E-state index contributed by atoms with van der Waals surface area (Å²) in [5.74, 6) is 0.182. The first-order valence-electron chi connectivity index (χ1n) is 11.1. The molecule has 8 atom stereocenters. The van der Waals surface area contributed by atoms with Crippen LogP contribution in [0.25, 0.3) is 0 Å². The van der Waals surface area contributed by atoms with E-state index in [-0.39, 0.29) is 23.2 Å². The van der Waals surface area contributed by atoms with Gasteiger partial charge in [0.15, 0.2) is 6.61 Å². The average Bonchev–Trinajstić information content (AvgIpc) is 2.91. The summed E-state index contributed by atoms with van der Waals surface area (Å²) in [7, 11) is 0. The van der Waals surface area contributed by atoms with Crippen LogP contribution in [-0.4, -0.2) is 46.1 Å². The quantitative estimate of drug-likeness (QED) is 0.698. The molecule has 6 heteroatoms. The van der Waals surface area contributed by atoms with Gasteiger partial charge in [-0.05, 0) is 67.6 Å². The topological polar surface area (TPSA) is 101 Å². The molecule has 0 aliphatic heterocycles. The minimum Gasteiger partial charge on any atom is -0.458 e. The van der Waals surface area contributed by atoms with Crippen LogP contribution in [0, 0.1) is 34.5 Å². The highest BCUT2D eigenvalue weighted by Gasteiger charge is 2.68. The van der Waals surface area contributed by atoms with Gasteiger partial charge >= 0.3 is 5.97 Å². The van der Waals surface area contributed by atoms with E-state index in [0.29, 0.717) is 37.4 Å². The molecule has 4 fully saturated rings. The lowest BCUT2D eigenvalue weighted by atomic mass is 9.43. The largest absolute Gasteiger partial charge is 0.458 e. The van der Waals surface area contributed by atoms with E-state index < -0.39 is 35.5 Å². The summed E-state index contributed by atoms with van der Waals surface area (Å²) < 4.78 is 4.89. The third kappa shape index (κ3) is 2.93. The highest BCUT2D eigenvalue weighted by Crippen LogP contribution is 2.68. The number of aliphatic hydroxyl groups is 2. The molecule has 4 aliphatic rings. The maximum Gasteiger partial charge on any atom is 0.303 e. The van der Waals surface area contributed by atoms with E-state index >= 15 is 0 Å². The fourth-order valence-corrected chi connectivity index (χ4v) is 7.92. The number of aliphatic hydroxyl groups excluding tert-OH is 1. The van der Waals surface area contributed by atoms with E-state index in [9.17, 15) is 24.6 Å². The Labute approximate surface area is 172 Å². The monoisotopic (exact) mass is 406 g/mol. The normalized spacial score (nSPS) is 49.0. The van der Waals surface area contributed by atoms with Crippen LogP contribution in [0.2, 0.25) is 0 Å². The minimum absolute atomic E-state index is 0.0555. The van der Waals surface area contributed by atoms with Crippen LogP contribution in [0.3, 0.4) is 0 Å². The molecule has 6 nitrogen and oxygen atoms in total. The van der Waals surface area contributed by atoms with Gasteiger partial charge in [-0.3, -0.25) is 14.4 Å². The van der Waals surface area contributed by atoms with E-state index in [1.54, 1.807) is 0 Å². The van der Waals surface area contributed by atoms with Crippen LogP contribution in [0.15, 0.2) is 0 Å². The van der Waals surface area contributed by atoms with Gasteiger partial charge in [0.25, 0.3) is 0 Å². The fraction of sp³-hybridized carbons (Fsp3) is 0.870. The van der Waals surface area contributed by atoms with Gasteiger partial charge in [0.1, 0.15) is 11.4 Å². The van der Waals surface area contributed by atoms with Crippen molar-refractivity contribution in [3.05, 3.63) is 0 Å². The second-order valence-corrected chi connectivity index (χ2v) is 10.6. The molecule has 162 valence electrons. The van der Waals surface area contributed by atoms with Crippen LogP contribution in [0.5, 0.6) is 0 Å². The summed E-state index contributed by atoms with van der Waals surface area (Å²) in [5.41, 5.74) is -2.35. The molecular formula is C23H34O6. The summed E-state index contributed by atoms with van der Waals surface area (Å²) in [4.78, 5) is 36.1. The van der Waals surface area contributed by atoms with E-state index in [1.807, 2.05) is 6.92 Å². The maximum atomic E-state index is 12.9. The first-order chi connectivity index (χ1) is 13.5. The molecule has 2 N–H and O–H groups in total. The molecule has 0 radical (unpaired) electrons. The first kappa shape index (κ1) is 21.0. The molecule has 4 rings (SSSR count). The molecule has 4 aliphatic carbocycles. The average molecular weight is 407 g/mol. The number of carbonyl (C=O) groups is 3. The number of hydrogen-bond acceptors (Lipinski definition) is 6. The van der Waals surface area contributed by atoms with Crippen molar-refractivity contribution in [2.45, 2.75) is 83.8 Å². The number of rotatable bonds is 3. The number of fused-ring (bicyclic) bond motifs is 5. The van der Waals surface area contributed by atoms with E-state index in [4.69, 9.17) is 4.74 Å². The Bertz CT molecular complexity index is 733. The third-order valence-electron chi connectivity index (χ3n) is 9.43. The minimum atomic E-state index is -1.57. The number of carbonyl (C=O) groups excluding carboxylic acids is 3. The van der Waals surface area contributed by atoms with Crippen LogP contribution in [-0.2, 0) is 19.1 Å². The lowest BCUT2D eigenvalue weighted by molar-refractivity contribution is -0.199. The van der Waals surface area contributed by atoms with Crippen molar-refractivity contribution in [3.8, 4) is 0 Å². The molecule has 0 aromatic rings. The van der Waals surface area contributed by atoms with Crippen molar-refractivity contribution in [1.82, 2.24) is 0 Å². The third-order valence-corrected chi connectivity index (χ3v) is 9.43. The molecule has 0 aromatic heterocycles. The number of ketones is 2. The summed E-state index contributed by atoms with van der Waals surface area (Å²) in [6, 6.07) is 0. The smallest absolute Gasteiger partial charge is 0.303 e. The molecular weight excluding hydrogens is 372 g/mol. The van der Waals surface area contributed by atoms with E-state index in [1.165, 1.54) is 6.92 Å². The molecule has 0 aromatic carbocycles. The van der Waals surface area contributed by atoms with Gasteiger partial charge in [0, 0.05) is 25.2 Å². The van der Waals surface area contributed by atoms with Gasteiger partial charge < -0.3 is 14.9 Å². The SMILES string of the molecule is CC(=O)OCC(=O)[C@@]1(O)CC[C@@H]2[C@@H]3CC[C@@H]4CC(=O)CC[C@]4(C)[C@@H]3[C@@H](O)C[C@]21C. The van der Waals surface area contributed by atoms with Crippen molar-refractivity contribution in [1.29, 1.82) is 0 Å². The fourth-order valence-electron chi connectivity index (χ4n) is 7.92. The number of hydrogen-bond donors (Lipinski definition) is 2. The van der Waals surface area contributed by atoms with Gasteiger partial charge in [-0.15, -0.1) is 0 Å². The van der Waals surface area contributed by atoms with Crippen LogP contribution >= 0.6 is 0 Å². The lowest BCUT2D eigenvalue weighted by Gasteiger charge is -2.62. The molecule has 4 saturated carbocycles. The number of esters is 1. The van der Waals surface area contributed by atoms with Crippen molar-refractivity contribution < 1.29 is 29.3 Å². The predicted molar refractivity (Wildman–Crippen MR) is 105 cm³/mol. The zero-order valence-corrected chi connectivity index (χ0v) is 17.8. The Morgan fingerprint density at radius 3 is 2.59 bits per heavy atom. The summed E-state index contributed by atoms with van der Waals surface area (Å²) in [5, 5.41) is 22.8. The Balaban J connectivity index is 1.63. The lowest BCUT2D eigenvalue weighted by Crippen LogP contribution is -2.63. The van der Waals surface area contributed by atoms with Crippen LogP contribution in [0.1, 0.15) is 72.1 Å². The summed E-state index contributed by atoms with van der Waals surface area (Å²) >= 11 is 0. The van der Waals surface area contributed by atoms with Gasteiger partial charge in [-0.2, -0.15) is 0 Å². The Hall–Kier alpha value is -1.27. The first-order valence-corrected chi connectivity index (χ1v) is 11.1. The summed E-state index contributed by atoms with van der Waals surface area (Å²) in [6.45, 7) is 5.02. The molecule has 0 spiro atoms. The van der Waals surface area contributed by atoms with Gasteiger partial charge in [-0.1, -0.05) is 13.8 Å². The Morgan fingerprint density at radius 2 is 1.90 bits per heavy atom. The number of Topliss-reactive ketones (excluding diaryl/α,β-unsaturated/α-hetero) is 2. The second kappa shape index (κ2) is 6.88. The van der Waals surface area contributed by atoms with Crippen LogP contribution in [0.4, 0.5) is 0 Å². The van der Waals surface area contributed by atoms with Gasteiger partial charge in [0.2, 0.25) is 5.78 Å². The van der Waals surface area contributed by atoms with Crippen LogP contribution < -0.4 is 0 Å². The molecule has 0 amide bonds. The maximum absolute atomic E-state index is 12.9. The predicted octanol–water partition coefficient (Wildman–Crippen LogP) is 2.43. The zero-order valence-electron chi connectivity index (χ0n) is 17.8.